The number of hydrogen-bond donors (Lipinski definition) is 2. The topological polar surface area (TPSA) is 58.2 Å². The molecule has 2 amide bonds. The minimum atomic E-state index is -4.68. The van der Waals surface area contributed by atoms with Crippen molar-refractivity contribution in [3.8, 4) is 0 Å². The maximum atomic E-state index is 13.8. The van der Waals surface area contributed by atoms with Gasteiger partial charge in [-0.15, -0.1) is 0 Å². The summed E-state index contributed by atoms with van der Waals surface area (Å²) in [6.07, 6.45) is -9.80. The average molecular weight is 665 g/mol. The van der Waals surface area contributed by atoms with Gasteiger partial charge >= 0.3 is 12.4 Å². The molecular weight excluding hydrogens is 646 g/mol. The van der Waals surface area contributed by atoms with Crippen LogP contribution in [-0.2, 0) is 4.79 Å². The third-order valence-electron chi connectivity index (χ3n) is 4.78. The zero-order chi connectivity index (χ0) is 27.4. The van der Waals surface area contributed by atoms with Crippen LogP contribution in [0.3, 0.4) is 0 Å². The molecule has 4 nitrogen and oxygen atoms in total. The fourth-order valence-electron chi connectivity index (χ4n) is 3.20. The van der Waals surface area contributed by atoms with Gasteiger partial charge in [-0.25, -0.2) is 0 Å². The normalized spacial score (nSPS) is 14.0. The van der Waals surface area contributed by atoms with Gasteiger partial charge in [-0.2, -0.15) is 26.3 Å². The van der Waals surface area contributed by atoms with Crippen LogP contribution in [0.4, 0.5) is 26.3 Å². The highest BCUT2D eigenvalue weighted by molar-refractivity contribution is 9.11. The monoisotopic (exact) mass is 662 g/mol. The molecule has 2 atom stereocenters. The summed E-state index contributed by atoms with van der Waals surface area (Å²) in [5, 5.41) is 4.61. The predicted octanol–water partition coefficient (Wildman–Crippen LogP) is 7.68. The zero-order valence-electron chi connectivity index (χ0n) is 18.6. The number of hydrogen-bond acceptors (Lipinski definition) is 2. The number of rotatable bonds is 7. The van der Waals surface area contributed by atoms with E-state index in [2.05, 4.69) is 37.2 Å². The van der Waals surface area contributed by atoms with Gasteiger partial charge in [-0.1, -0.05) is 35.9 Å². The number of halogens is 9. The van der Waals surface area contributed by atoms with Crippen molar-refractivity contribution < 1.29 is 35.9 Å². The van der Waals surface area contributed by atoms with Crippen LogP contribution in [0.15, 0.2) is 45.4 Å². The number of alkyl halides is 6. The summed E-state index contributed by atoms with van der Waals surface area (Å²) in [5.74, 6) is -3.91. The summed E-state index contributed by atoms with van der Waals surface area (Å²) in [4.78, 5) is 23.8. The second-order valence-electron chi connectivity index (χ2n) is 7.81. The minimum absolute atomic E-state index is 0.0452. The fourth-order valence-corrected chi connectivity index (χ4v) is 4.53. The van der Waals surface area contributed by atoms with Gasteiger partial charge in [-0.05, 0) is 80.6 Å². The molecule has 196 valence electrons. The molecule has 0 saturated heterocycles. The third kappa shape index (κ3) is 8.81. The number of allylic oxidation sites excluding steroid dienone is 1. The van der Waals surface area contributed by atoms with Crippen LogP contribution in [0.1, 0.15) is 46.3 Å². The standard InChI is InChI=1S/C23H19Br2ClF6N2O2/c1-11-7-13(3-5-15(11)21(36)34-12(2)33-19(35)10-22(27,28)29)4-6-16(23(30,31)32)14-8-17(24)20(26)18(25)9-14/h3-9,12,16H,10H2,1-2H3,(H,33,35)(H,34,36)/b6-4+/t12-,16?/m1/s1. The second-order valence-corrected chi connectivity index (χ2v) is 9.89. The largest absolute Gasteiger partial charge is 0.399 e. The van der Waals surface area contributed by atoms with E-state index in [4.69, 9.17) is 11.6 Å². The van der Waals surface area contributed by atoms with E-state index in [0.717, 1.165) is 6.08 Å². The van der Waals surface area contributed by atoms with Gasteiger partial charge in [0.1, 0.15) is 6.42 Å². The van der Waals surface area contributed by atoms with Crippen molar-refractivity contribution in [3.63, 3.8) is 0 Å². The Hall–Kier alpha value is -2.05. The first kappa shape index (κ1) is 30.2. The molecule has 0 radical (unpaired) electrons. The SMILES string of the molecule is Cc1cc(/C=C/C(c2cc(Br)c(Cl)c(Br)c2)C(F)(F)F)ccc1C(=O)N[C@H](C)NC(=O)CC(F)(F)F. The van der Waals surface area contributed by atoms with Crippen molar-refractivity contribution >= 4 is 61.4 Å². The molecule has 1 unspecified atom stereocenters. The summed E-state index contributed by atoms with van der Waals surface area (Å²) in [7, 11) is 0. The van der Waals surface area contributed by atoms with Gasteiger partial charge in [-0.3, -0.25) is 9.59 Å². The highest BCUT2D eigenvalue weighted by Crippen LogP contribution is 2.41. The van der Waals surface area contributed by atoms with E-state index >= 15 is 0 Å². The number of benzene rings is 2. The van der Waals surface area contributed by atoms with E-state index in [9.17, 15) is 35.9 Å². The van der Waals surface area contributed by atoms with Gasteiger partial charge in [0.2, 0.25) is 5.91 Å². The van der Waals surface area contributed by atoms with Crippen LogP contribution in [0.2, 0.25) is 5.02 Å². The molecule has 0 spiro atoms. The summed E-state index contributed by atoms with van der Waals surface area (Å²) in [5.41, 5.74) is 0.888. The van der Waals surface area contributed by atoms with E-state index in [-0.39, 0.29) is 16.1 Å². The van der Waals surface area contributed by atoms with E-state index < -0.39 is 42.7 Å². The molecule has 2 rings (SSSR count). The maximum absolute atomic E-state index is 13.8. The van der Waals surface area contributed by atoms with Crippen LogP contribution < -0.4 is 10.6 Å². The fraction of sp³-hybridized carbons (Fsp3) is 0.304. The Morgan fingerprint density at radius 2 is 1.61 bits per heavy atom. The Kier molecular flexibility index (Phi) is 10.1. The molecule has 2 aromatic carbocycles. The van der Waals surface area contributed by atoms with Crippen molar-refractivity contribution in [2.24, 2.45) is 0 Å². The third-order valence-corrected chi connectivity index (χ3v) is 6.89. The molecule has 0 bridgehead atoms. The van der Waals surface area contributed by atoms with E-state index in [1.54, 1.807) is 6.92 Å². The second kappa shape index (κ2) is 12.0. The van der Waals surface area contributed by atoms with Crippen LogP contribution in [0.25, 0.3) is 6.08 Å². The Morgan fingerprint density at radius 1 is 1.03 bits per heavy atom. The summed E-state index contributed by atoms with van der Waals surface area (Å²) in [6.45, 7) is 2.84. The first-order valence-electron chi connectivity index (χ1n) is 10.1. The van der Waals surface area contributed by atoms with Gasteiger partial charge in [0, 0.05) is 14.5 Å². The van der Waals surface area contributed by atoms with Crippen molar-refractivity contribution in [3.05, 3.63) is 72.6 Å². The van der Waals surface area contributed by atoms with Crippen molar-refractivity contribution in [1.82, 2.24) is 10.6 Å². The minimum Gasteiger partial charge on any atom is -0.336 e. The highest BCUT2D eigenvalue weighted by Gasteiger charge is 2.39. The van der Waals surface area contributed by atoms with Crippen molar-refractivity contribution in [2.75, 3.05) is 0 Å². The number of carbonyl (C=O) groups is 2. The number of aryl methyl sites for hydroxylation is 1. The van der Waals surface area contributed by atoms with E-state index in [1.807, 2.05) is 5.32 Å². The molecule has 13 heteroatoms. The average Bonchev–Trinajstić information content (AvgIpc) is 2.69. The molecule has 0 aromatic heterocycles. The van der Waals surface area contributed by atoms with Gasteiger partial charge in [0.25, 0.3) is 5.91 Å². The molecule has 36 heavy (non-hydrogen) atoms. The first-order chi connectivity index (χ1) is 16.5. The smallest absolute Gasteiger partial charge is 0.336 e. The highest BCUT2D eigenvalue weighted by atomic mass is 79.9. The Balaban J connectivity index is 2.18. The summed E-state index contributed by atoms with van der Waals surface area (Å²) >= 11 is 12.3. The van der Waals surface area contributed by atoms with Gasteiger partial charge < -0.3 is 10.6 Å². The quantitative estimate of drug-likeness (QED) is 0.181. The molecular formula is C23H19Br2ClF6N2O2. The van der Waals surface area contributed by atoms with Crippen LogP contribution in [0.5, 0.6) is 0 Å². The summed E-state index contributed by atoms with van der Waals surface area (Å²) in [6, 6.07) is 6.84. The lowest BCUT2D eigenvalue weighted by Gasteiger charge is -2.19. The number of amides is 2. The maximum Gasteiger partial charge on any atom is 0.399 e. The molecule has 2 N–H and O–H groups in total. The lowest BCUT2D eigenvalue weighted by Crippen LogP contribution is -2.46. The van der Waals surface area contributed by atoms with Crippen LogP contribution >= 0.6 is 43.5 Å². The van der Waals surface area contributed by atoms with E-state index in [1.165, 1.54) is 43.3 Å². The molecule has 0 saturated carbocycles. The molecule has 2 aromatic rings. The molecule has 0 heterocycles. The zero-order valence-corrected chi connectivity index (χ0v) is 22.5. The van der Waals surface area contributed by atoms with E-state index in [0.29, 0.717) is 20.1 Å². The number of nitrogens with one attached hydrogen (secondary N) is 2. The summed E-state index contributed by atoms with van der Waals surface area (Å²) < 4.78 is 78.7. The van der Waals surface area contributed by atoms with Crippen molar-refractivity contribution in [1.29, 1.82) is 0 Å². The first-order valence-corrected chi connectivity index (χ1v) is 12.1. The molecule has 0 aliphatic carbocycles. The van der Waals surface area contributed by atoms with Crippen molar-refractivity contribution in [2.45, 2.75) is 44.7 Å². The van der Waals surface area contributed by atoms with Gasteiger partial charge in [0.05, 0.1) is 17.1 Å². The Morgan fingerprint density at radius 3 is 2.11 bits per heavy atom. The molecule has 0 fully saturated rings. The lowest BCUT2D eigenvalue weighted by molar-refractivity contribution is -0.154. The Labute approximate surface area is 224 Å². The Bertz CT molecular complexity index is 1150. The molecule has 0 aliphatic rings. The van der Waals surface area contributed by atoms with Crippen LogP contribution in [0, 0.1) is 6.92 Å². The molecule has 0 aliphatic heterocycles. The lowest BCUT2D eigenvalue weighted by atomic mass is 9.96. The van der Waals surface area contributed by atoms with Gasteiger partial charge in [0.15, 0.2) is 0 Å². The predicted molar refractivity (Wildman–Crippen MR) is 132 cm³/mol. The number of carbonyl (C=O) groups excluding carboxylic acids is 2. The van der Waals surface area contributed by atoms with Crippen LogP contribution in [-0.4, -0.2) is 30.3 Å².